The summed E-state index contributed by atoms with van der Waals surface area (Å²) >= 11 is 0. The van der Waals surface area contributed by atoms with Crippen LogP contribution in [0.15, 0.2) is 53.5 Å². The predicted octanol–water partition coefficient (Wildman–Crippen LogP) is 4.70. The molecule has 0 unspecified atom stereocenters. The van der Waals surface area contributed by atoms with Gasteiger partial charge in [-0.1, -0.05) is 55.0 Å². The number of aryl methyl sites for hydroxylation is 2. The van der Waals surface area contributed by atoms with Gasteiger partial charge in [-0.3, -0.25) is 4.99 Å². The van der Waals surface area contributed by atoms with Gasteiger partial charge in [0.1, 0.15) is 0 Å². The lowest BCUT2D eigenvalue weighted by molar-refractivity contribution is 1.13. The Kier molecular flexibility index (Phi) is 3.93. The second-order valence-electron chi connectivity index (χ2n) is 4.55. The third-order valence-corrected chi connectivity index (χ3v) is 3.10. The Morgan fingerprint density at radius 1 is 1.06 bits per heavy atom. The Bertz CT molecular complexity index is 567. The lowest BCUT2D eigenvalue weighted by Crippen LogP contribution is -1.95. The van der Waals surface area contributed by atoms with Gasteiger partial charge in [0.25, 0.3) is 0 Å². The maximum atomic E-state index is 4.76. The van der Waals surface area contributed by atoms with Gasteiger partial charge in [-0.25, -0.2) is 0 Å². The minimum absolute atomic E-state index is 1.01. The summed E-state index contributed by atoms with van der Waals surface area (Å²) in [6.45, 7) is 6.34. The molecule has 0 bridgehead atoms. The summed E-state index contributed by atoms with van der Waals surface area (Å²) in [4.78, 5) is 4.76. The molecule has 92 valence electrons. The van der Waals surface area contributed by atoms with Crippen molar-refractivity contribution in [1.82, 2.24) is 0 Å². The zero-order valence-electron chi connectivity index (χ0n) is 11.3. The summed E-state index contributed by atoms with van der Waals surface area (Å²) in [7, 11) is 0. The van der Waals surface area contributed by atoms with Crippen LogP contribution in [-0.2, 0) is 6.42 Å². The maximum Gasteiger partial charge on any atom is 0.0664 e. The van der Waals surface area contributed by atoms with Gasteiger partial charge in [0.15, 0.2) is 0 Å². The number of rotatable bonds is 3. The van der Waals surface area contributed by atoms with Crippen molar-refractivity contribution in [3.8, 4) is 0 Å². The summed E-state index contributed by atoms with van der Waals surface area (Å²) in [5.74, 6) is 0. The highest BCUT2D eigenvalue weighted by molar-refractivity contribution is 6.00. The Hall–Kier alpha value is -1.89. The van der Waals surface area contributed by atoms with Crippen LogP contribution < -0.4 is 0 Å². The largest absolute Gasteiger partial charge is 0.253 e. The molecule has 2 aromatic carbocycles. The Morgan fingerprint density at radius 3 is 2.56 bits per heavy atom. The van der Waals surface area contributed by atoms with E-state index in [-0.39, 0.29) is 0 Å². The first kappa shape index (κ1) is 12.6. The van der Waals surface area contributed by atoms with Crippen LogP contribution >= 0.6 is 0 Å². The van der Waals surface area contributed by atoms with Crippen molar-refractivity contribution in [1.29, 1.82) is 0 Å². The first-order valence-corrected chi connectivity index (χ1v) is 6.41. The summed E-state index contributed by atoms with van der Waals surface area (Å²) in [5, 5.41) is 0. The normalized spacial score (nSPS) is 11.6. The van der Waals surface area contributed by atoms with E-state index in [1.807, 2.05) is 6.07 Å². The second-order valence-corrected chi connectivity index (χ2v) is 4.55. The standard InChI is InChI=1S/C17H19N/c1-4-15-9-5-6-11-17(15)18-14(3)16-10-7-8-13(2)12-16/h5-12H,4H2,1-3H3. The highest BCUT2D eigenvalue weighted by Gasteiger charge is 2.01. The van der Waals surface area contributed by atoms with Crippen molar-refractivity contribution in [2.24, 2.45) is 4.99 Å². The average molecular weight is 237 g/mol. The highest BCUT2D eigenvalue weighted by atomic mass is 14.7. The Morgan fingerprint density at radius 2 is 1.83 bits per heavy atom. The fraction of sp³-hybridized carbons (Fsp3) is 0.235. The van der Waals surface area contributed by atoms with Crippen molar-refractivity contribution in [3.05, 3.63) is 65.2 Å². The monoisotopic (exact) mass is 237 g/mol. The molecule has 0 spiro atoms. The third kappa shape index (κ3) is 2.86. The summed E-state index contributed by atoms with van der Waals surface area (Å²) in [6, 6.07) is 16.8. The fourth-order valence-corrected chi connectivity index (χ4v) is 2.03. The zero-order chi connectivity index (χ0) is 13.0. The summed E-state index contributed by atoms with van der Waals surface area (Å²) in [6.07, 6.45) is 1.01. The van der Waals surface area contributed by atoms with E-state index in [9.17, 15) is 0 Å². The molecule has 0 aliphatic rings. The minimum atomic E-state index is 1.01. The molecule has 2 rings (SSSR count). The van der Waals surface area contributed by atoms with Gasteiger partial charge in [0.2, 0.25) is 0 Å². The number of nitrogens with zero attached hydrogens (tertiary/aromatic N) is 1. The topological polar surface area (TPSA) is 12.4 Å². The van der Waals surface area contributed by atoms with Gasteiger partial charge in [0, 0.05) is 5.71 Å². The number of hydrogen-bond donors (Lipinski definition) is 0. The number of aliphatic imine (C=N–C) groups is 1. The van der Waals surface area contributed by atoms with Gasteiger partial charge in [0.05, 0.1) is 5.69 Å². The second kappa shape index (κ2) is 5.63. The van der Waals surface area contributed by atoms with Crippen LogP contribution in [-0.4, -0.2) is 5.71 Å². The van der Waals surface area contributed by atoms with Gasteiger partial charge in [-0.05, 0) is 37.5 Å². The Balaban J connectivity index is 2.38. The van der Waals surface area contributed by atoms with E-state index in [4.69, 9.17) is 4.99 Å². The number of para-hydroxylation sites is 1. The van der Waals surface area contributed by atoms with E-state index < -0.39 is 0 Å². The van der Waals surface area contributed by atoms with Crippen molar-refractivity contribution < 1.29 is 0 Å². The smallest absolute Gasteiger partial charge is 0.0664 e. The number of benzene rings is 2. The molecule has 0 saturated heterocycles. The van der Waals surface area contributed by atoms with Gasteiger partial charge in [-0.2, -0.15) is 0 Å². The fourth-order valence-electron chi connectivity index (χ4n) is 2.03. The SMILES string of the molecule is CCc1ccccc1N=C(C)c1cccc(C)c1. The van der Waals surface area contributed by atoms with E-state index in [0.717, 1.165) is 17.8 Å². The molecule has 0 aromatic heterocycles. The molecule has 0 saturated carbocycles. The first-order chi connectivity index (χ1) is 8.70. The lowest BCUT2D eigenvalue weighted by Gasteiger charge is -2.06. The van der Waals surface area contributed by atoms with E-state index in [2.05, 4.69) is 63.2 Å². The molecular formula is C17H19N. The lowest BCUT2D eigenvalue weighted by atomic mass is 10.1. The van der Waals surface area contributed by atoms with Crippen molar-refractivity contribution in [3.63, 3.8) is 0 Å². The third-order valence-electron chi connectivity index (χ3n) is 3.10. The molecule has 18 heavy (non-hydrogen) atoms. The van der Waals surface area contributed by atoms with Crippen LogP contribution in [0.4, 0.5) is 5.69 Å². The summed E-state index contributed by atoms with van der Waals surface area (Å²) in [5.41, 5.74) is 5.91. The molecule has 0 aliphatic carbocycles. The van der Waals surface area contributed by atoms with E-state index >= 15 is 0 Å². The van der Waals surface area contributed by atoms with Crippen LogP contribution in [0.25, 0.3) is 0 Å². The van der Waals surface area contributed by atoms with Crippen LogP contribution in [0, 0.1) is 6.92 Å². The van der Waals surface area contributed by atoms with Crippen LogP contribution in [0.2, 0.25) is 0 Å². The molecule has 0 radical (unpaired) electrons. The minimum Gasteiger partial charge on any atom is -0.253 e. The predicted molar refractivity (Wildman–Crippen MR) is 78.9 cm³/mol. The van der Waals surface area contributed by atoms with Crippen LogP contribution in [0.3, 0.4) is 0 Å². The molecular weight excluding hydrogens is 218 g/mol. The molecule has 0 atom stereocenters. The van der Waals surface area contributed by atoms with Gasteiger partial charge >= 0.3 is 0 Å². The summed E-state index contributed by atoms with van der Waals surface area (Å²) < 4.78 is 0. The quantitative estimate of drug-likeness (QED) is 0.686. The highest BCUT2D eigenvalue weighted by Crippen LogP contribution is 2.20. The van der Waals surface area contributed by atoms with Crippen molar-refractivity contribution in [2.45, 2.75) is 27.2 Å². The molecule has 0 fully saturated rings. The van der Waals surface area contributed by atoms with E-state index in [1.54, 1.807) is 0 Å². The van der Waals surface area contributed by atoms with Gasteiger partial charge < -0.3 is 0 Å². The molecule has 0 heterocycles. The van der Waals surface area contributed by atoms with Crippen molar-refractivity contribution >= 4 is 11.4 Å². The molecule has 1 heteroatoms. The first-order valence-electron chi connectivity index (χ1n) is 6.41. The molecule has 0 N–H and O–H groups in total. The van der Waals surface area contributed by atoms with E-state index in [0.29, 0.717) is 0 Å². The zero-order valence-corrected chi connectivity index (χ0v) is 11.3. The van der Waals surface area contributed by atoms with Gasteiger partial charge in [-0.15, -0.1) is 0 Å². The van der Waals surface area contributed by atoms with E-state index in [1.165, 1.54) is 16.7 Å². The average Bonchev–Trinajstić information content (AvgIpc) is 2.39. The number of hydrogen-bond acceptors (Lipinski definition) is 1. The van der Waals surface area contributed by atoms with Crippen LogP contribution in [0.5, 0.6) is 0 Å². The maximum absolute atomic E-state index is 4.76. The molecule has 0 amide bonds. The van der Waals surface area contributed by atoms with Crippen LogP contribution in [0.1, 0.15) is 30.5 Å². The molecule has 2 aromatic rings. The molecule has 0 aliphatic heterocycles. The Labute approximate surface area is 109 Å². The van der Waals surface area contributed by atoms with Crippen molar-refractivity contribution in [2.75, 3.05) is 0 Å². The molecule has 1 nitrogen and oxygen atoms in total.